The van der Waals surface area contributed by atoms with E-state index in [1.807, 2.05) is 30.3 Å². The van der Waals surface area contributed by atoms with Crippen LogP contribution in [0.15, 0.2) is 54.6 Å². The number of Topliss-reactive ketones (excluding diaryl/α,β-unsaturated/α-hetero) is 1. The van der Waals surface area contributed by atoms with E-state index in [9.17, 15) is 9.59 Å². The van der Waals surface area contributed by atoms with Crippen LogP contribution in [0.5, 0.6) is 5.75 Å². The lowest BCUT2D eigenvalue weighted by molar-refractivity contribution is -0.147. The maximum atomic E-state index is 12.0. The Hall–Kier alpha value is -4.01. The van der Waals surface area contributed by atoms with E-state index in [4.69, 9.17) is 15.2 Å². The van der Waals surface area contributed by atoms with E-state index in [0.29, 0.717) is 17.7 Å². The molecular formula is C21H21N5O4. The fourth-order valence-electron chi connectivity index (χ4n) is 2.48. The lowest BCUT2D eigenvalue weighted by Crippen LogP contribution is -2.16. The Bertz CT molecular complexity index is 1010. The van der Waals surface area contributed by atoms with Crippen molar-refractivity contribution in [2.45, 2.75) is 20.0 Å². The third-order valence-electron chi connectivity index (χ3n) is 3.95. The number of para-hydroxylation sites is 1. The van der Waals surface area contributed by atoms with Crippen LogP contribution in [0.4, 0.5) is 17.6 Å². The number of nitrogens with zero attached hydrogens (tertiary/aromatic N) is 3. The van der Waals surface area contributed by atoms with Crippen molar-refractivity contribution in [2.75, 3.05) is 17.7 Å². The number of carbonyl (C=O) groups is 2. The second kappa shape index (κ2) is 9.97. The Morgan fingerprint density at radius 3 is 2.43 bits per heavy atom. The van der Waals surface area contributed by atoms with E-state index >= 15 is 0 Å². The number of nitrogens with two attached hydrogens (primary N) is 1. The largest absolute Gasteiger partial charge is 0.482 e. The van der Waals surface area contributed by atoms with Crippen molar-refractivity contribution in [1.29, 1.82) is 0 Å². The van der Waals surface area contributed by atoms with Gasteiger partial charge in [-0.1, -0.05) is 25.1 Å². The predicted molar refractivity (Wildman–Crippen MR) is 110 cm³/mol. The minimum atomic E-state index is -0.597. The summed E-state index contributed by atoms with van der Waals surface area (Å²) in [6.07, 6.45) is 0.427. The van der Waals surface area contributed by atoms with Crippen LogP contribution < -0.4 is 15.8 Å². The maximum absolute atomic E-state index is 12.0. The number of nitrogen functional groups attached to an aromatic ring is 1. The molecule has 0 unspecified atom stereocenters. The number of rotatable bonds is 9. The van der Waals surface area contributed by atoms with Gasteiger partial charge in [0.25, 0.3) is 0 Å². The molecule has 2 aromatic carbocycles. The van der Waals surface area contributed by atoms with Crippen LogP contribution in [-0.4, -0.2) is 33.3 Å². The summed E-state index contributed by atoms with van der Waals surface area (Å²) in [5.41, 5.74) is 7.09. The molecule has 0 atom stereocenters. The Labute approximate surface area is 173 Å². The summed E-state index contributed by atoms with van der Waals surface area (Å²) in [7, 11) is 0. The summed E-state index contributed by atoms with van der Waals surface area (Å²) in [5, 5.41) is 3.00. The summed E-state index contributed by atoms with van der Waals surface area (Å²) in [6.45, 7) is 1.32. The monoisotopic (exact) mass is 407 g/mol. The zero-order valence-electron chi connectivity index (χ0n) is 16.4. The van der Waals surface area contributed by atoms with Gasteiger partial charge in [0.2, 0.25) is 11.9 Å². The highest BCUT2D eigenvalue weighted by molar-refractivity contribution is 5.95. The number of carbonyl (C=O) groups excluding carboxylic acids is 2. The standard InChI is InChI=1S/C21H21N5O4/c1-2-17(27)14-8-10-16(11-9-14)29-13-19(28)30-12-18-24-20(22)26-21(25-18)23-15-6-4-3-5-7-15/h3-11H,2,12-13H2,1H3,(H3,22,23,24,25,26). The van der Waals surface area contributed by atoms with E-state index in [1.165, 1.54) is 0 Å². The van der Waals surface area contributed by atoms with Crippen LogP contribution >= 0.6 is 0 Å². The zero-order valence-corrected chi connectivity index (χ0v) is 16.4. The Kier molecular flexibility index (Phi) is 6.88. The highest BCUT2D eigenvalue weighted by Crippen LogP contribution is 2.14. The van der Waals surface area contributed by atoms with Crippen molar-refractivity contribution in [3.8, 4) is 5.75 Å². The number of esters is 1. The fraction of sp³-hybridized carbons (Fsp3) is 0.190. The Morgan fingerprint density at radius 1 is 1.00 bits per heavy atom. The minimum absolute atomic E-state index is 0.00689. The number of nitrogens with one attached hydrogen (secondary N) is 1. The van der Waals surface area contributed by atoms with Gasteiger partial charge in [-0.25, -0.2) is 4.79 Å². The molecule has 0 fully saturated rings. The lowest BCUT2D eigenvalue weighted by Gasteiger charge is -2.09. The van der Waals surface area contributed by atoms with E-state index in [2.05, 4.69) is 20.3 Å². The van der Waals surface area contributed by atoms with Crippen LogP contribution in [0.1, 0.15) is 29.5 Å². The summed E-state index contributed by atoms with van der Waals surface area (Å²) in [6, 6.07) is 15.9. The smallest absolute Gasteiger partial charge is 0.344 e. The third-order valence-corrected chi connectivity index (χ3v) is 3.95. The molecule has 0 saturated carbocycles. The third kappa shape index (κ3) is 5.99. The molecule has 0 spiro atoms. The van der Waals surface area contributed by atoms with Gasteiger partial charge >= 0.3 is 5.97 Å². The number of ketones is 1. The van der Waals surface area contributed by atoms with Crippen molar-refractivity contribution < 1.29 is 19.1 Å². The highest BCUT2D eigenvalue weighted by atomic mass is 16.6. The average molecular weight is 407 g/mol. The van der Waals surface area contributed by atoms with E-state index in [0.717, 1.165) is 5.69 Å². The molecule has 0 saturated heterocycles. The van der Waals surface area contributed by atoms with Gasteiger partial charge in [0.1, 0.15) is 5.75 Å². The number of anilines is 3. The molecule has 0 bridgehead atoms. The van der Waals surface area contributed by atoms with E-state index < -0.39 is 5.97 Å². The van der Waals surface area contributed by atoms with Crippen LogP contribution in [0.3, 0.4) is 0 Å². The quantitative estimate of drug-likeness (QED) is 0.406. The van der Waals surface area contributed by atoms with Crippen molar-refractivity contribution in [1.82, 2.24) is 15.0 Å². The van der Waals surface area contributed by atoms with E-state index in [-0.39, 0.29) is 36.7 Å². The van der Waals surface area contributed by atoms with E-state index in [1.54, 1.807) is 31.2 Å². The zero-order chi connectivity index (χ0) is 21.3. The van der Waals surface area contributed by atoms with Crippen molar-refractivity contribution in [3.63, 3.8) is 0 Å². The first-order chi connectivity index (χ1) is 14.5. The van der Waals surface area contributed by atoms with Crippen molar-refractivity contribution in [2.24, 2.45) is 0 Å². The number of ether oxygens (including phenoxy) is 2. The molecule has 0 radical (unpaired) electrons. The Morgan fingerprint density at radius 2 is 1.73 bits per heavy atom. The summed E-state index contributed by atoms with van der Waals surface area (Å²) in [4.78, 5) is 35.7. The molecule has 9 nitrogen and oxygen atoms in total. The lowest BCUT2D eigenvalue weighted by atomic mass is 10.1. The highest BCUT2D eigenvalue weighted by Gasteiger charge is 2.10. The van der Waals surface area contributed by atoms with Gasteiger partial charge in [-0.05, 0) is 36.4 Å². The van der Waals surface area contributed by atoms with Crippen molar-refractivity contribution in [3.05, 3.63) is 66.0 Å². The van der Waals surface area contributed by atoms with Crippen LogP contribution in [0.25, 0.3) is 0 Å². The van der Waals surface area contributed by atoms with Gasteiger partial charge in [0, 0.05) is 17.7 Å². The molecule has 0 aliphatic rings. The van der Waals surface area contributed by atoms with Crippen LogP contribution in [0.2, 0.25) is 0 Å². The number of hydrogen-bond acceptors (Lipinski definition) is 9. The molecule has 3 rings (SSSR count). The molecule has 0 aliphatic heterocycles. The Balaban J connectivity index is 1.51. The summed E-state index contributed by atoms with van der Waals surface area (Å²) < 4.78 is 10.5. The van der Waals surface area contributed by atoms with Crippen LogP contribution in [-0.2, 0) is 16.1 Å². The van der Waals surface area contributed by atoms with Gasteiger partial charge in [-0.15, -0.1) is 0 Å². The molecule has 1 aromatic heterocycles. The second-order valence-electron chi connectivity index (χ2n) is 6.17. The minimum Gasteiger partial charge on any atom is -0.482 e. The molecular weight excluding hydrogens is 386 g/mol. The molecule has 1 heterocycles. The fourth-order valence-corrected chi connectivity index (χ4v) is 2.48. The summed E-state index contributed by atoms with van der Waals surface area (Å²) >= 11 is 0. The maximum Gasteiger partial charge on any atom is 0.344 e. The first-order valence-corrected chi connectivity index (χ1v) is 9.27. The molecule has 9 heteroatoms. The van der Waals surface area contributed by atoms with Gasteiger partial charge in [0.15, 0.2) is 24.8 Å². The number of hydrogen-bond donors (Lipinski definition) is 2. The molecule has 30 heavy (non-hydrogen) atoms. The summed E-state index contributed by atoms with van der Waals surface area (Å²) in [5.74, 6) is 0.360. The van der Waals surface area contributed by atoms with Gasteiger partial charge in [0.05, 0.1) is 0 Å². The number of benzene rings is 2. The van der Waals surface area contributed by atoms with Gasteiger partial charge < -0.3 is 20.5 Å². The van der Waals surface area contributed by atoms with Crippen LogP contribution in [0, 0.1) is 0 Å². The van der Waals surface area contributed by atoms with Gasteiger partial charge in [-0.2, -0.15) is 15.0 Å². The van der Waals surface area contributed by atoms with Gasteiger partial charge in [-0.3, -0.25) is 4.79 Å². The molecule has 3 N–H and O–H groups in total. The topological polar surface area (TPSA) is 129 Å². The van der Waals surface area contributed by atoms with Crippen molar-refractivity contribution >= 4 is 29.3 Å². The number of aromatic nitrogens is 3. The average Bonchev–Trinajstić information content (AvgIpc) is 2.76. The first-order valence-electron chi connectivity index (χ1n) is 9.27. The molecule has 154 valence electrons. The molecule has 0 amide bonds. The molecule has 0 aliphatic carbocycles. The predicted octanol–water partition coefficient (Wildman–Crippen LogP) is 2.91. The first kappa shape index (κ1) is 20.7. The SMILES string of the molecule is CCC(=O)c1ccc(OCC(=O)OCc2nc(N)nc(Nc3ccccc3)n2)cc1. The second-order valence-corrected chi connectivity index (χ2v) is 6.17. The molecule has 3 aromatic rings. The normalized spacial score (nSPS) is 10.3.